The van der Waals surface area contributed by atoms with Crippen molar-refractivity contribution in [2.45, 2.75) is 24.8 Å². The quantitative estimate of drug-likeness (QED) is 0.619. The lowest BCUT2D eigenvalue weighted by molar-refractivity contribution is -0.139. The van der Waals surface area contributed by atoms with Gasteiger partial charge in [-0.15, -0.1) is 0 Å². The summed E-state index contributed by atoms with van der Waals surface area (Å²) in [5.74, 6) is -1.44. The van der Waals surface area contributed by atoms with Crippen LogP contribution in [0.15, 0.2) is 4.90 Å². The van der Waals surface area contributed by atoms with E-state index in [1.807, 2.05) is 4.72 Å². The number of sulfonamides is 1. The van der Waals surface area contributed by atoms with Gasteiger partial charge in [-0.2, -0.15) is 9.82 Å². The van der Waals surface area contributed by atoms with Gasteiger partial charge in [0.05, 0.1) is 18.0 Å². The first-order valence-corrected chi connectivity index (χ1v) is 6.55. The van der Waals surface area contributed by atoms with E-state index in [0.717, 1.165) is 0 Å². The molecule has 0 radical (unpaired) electrons. The second kappa shape index (κ2) is 5.04. The molecule has 3 N–H and O–H groups in total. The van der Waals surface area contributed by atoms with Crippen molar-refractivity contribution in [2.75, 3.05) is 6.61 Å². The fourth-order valence-corrected chi connectivity index (χ4v) is 3.17. The number of carbonyl (C=O) groups is 1. The molecule has 0 aliphatic rings. The highest BCUT2D eigenvalue weighted by Gasteiger charge is 2.29. The monoisotopic (exact) mass is 277 g/mol. The molecule has 1 aromatic heterocycles. The molecule has 1 atom stereocenters. The number of aliphatic hydroxyl groups excluding tert-OH is 1. The average Bonchev–Trinajstić information content (AvgIpc) is 2.49. The topological polar surface area (TPSA) is 122 Å². The Morgan fingerprint density at radius 2 is 2.06 bits per heavy atom. The summed E-state index contributed by atoms with van der Waals surface area (Å²) in [6.07, 6.45) is 0. The number of nitrogens with zero attached hydrogens (tertiary/aromatic N) is 2. The van der Waals surface area contributed by atoms with Gasteiger partial charge in [-0.3, -0.25) is 9.48 Å². The summed E-state index contributed by atoms with van der Waals surface area (Å²) >= 11 is 0. The first-order chi connectivity index (χ1) is 8.20. The molecule has 18 heavy (non-hydrogen) atoms. The maximum atomic E-state index is 12.0. The summed E-state index contributed by atoms with van der Waals surface area (Å²) < 4.78 is 27.4. The van der Waals surface area contributed by atoms with Crippen molar-refractivity contribution in [3.63, 3.8) is 0 Å². The molecule has 9 heteroatoms. The van der Waals surface area contributed by atoms with Gasteiger partial charge < -0.3 is 10.2 Å². The molecule has 0 bridgehead atoms. The zero-order valence-electron chi connectivity index (χ0n) is 10.2. The van der Waals surface area contributed by atoms with Gasteiger partial charge in [0.15, 0.2) is 0 Å². The van der Waals surface area contributed by atoms with Gasteiger partial charge in [0.1, 0.15) is 10.9 Å². The number of carboxylic acid groups (broad SMARTS) is 1. The Morgan fingerprint density at radius 1 is 1.50 bits per heavy atom. The molecule has 0 amide bonds. The number of aliphatic carboxylic acids is 1. The van der Waals surface area contributed by atoms with Crippen LogP contribution in [0.1, 0.15) is 11.4 Å². The number of hydrogen-bond acceptors (Lipinski definition) is 5. The highest BCUT2D eigenvalue weighted by molar-refractivity contribution is 7.89. The van der Waals surface area contributed by atoms with E-state index in [2.05, 4.69) is 5.10 Å². The number of aryl methyl sites for hydroxylation is 2. The van der Waals surface area contributed by atoms with Crippen LogP contribution in [0.4, 0.5) is 0 Å². The minimum atomic E-state index is -4.03. The Kier molecular flexibility index (Phi) is 4.09. The molecule has 0 fully saturated rings. The standard InChI is InChI=1S/C9H15N3O5S/c1-5-8(6(2)12(3)10-5)18(16,17)11-7(4-13)9(14)15/h7,11,13H,4H2,1-3H3,(H,14,15). The zero-order chi connectivity index (χ0) is 14.1. The zero-order valence-corrected chi connectivity index (χ0v) is 11.0. The van der Waals surface area contributed by atoms with Crippen molar-refractivity contribution in [3.05, 3.63) is 11.4 Å². The smallest absolute Gasteiger partial charge is 0.324 e. The lowest BCUT2D eigenvalue weighted by atomic mass is 10.3. The lowest BCUT2D eigenvalue weighted by Crippen LogP contribution is -2.43. The van der Waals surface area contributed by atoms with Gasteiger partial charge in [-0.25, -0.2) is 8.42 Å². The molecule has 0 saturated carbocycles. The van der Waals surface area contributed by atoms with Crippen molar-refractivity contribution in [1.29, 1.82) is 0 Å². The molecule has 1 rings (SSSR count). The summed E-state index contributed by atoms with van der Waals surface area (Å²) in [5.41, 5.74) is 0.659. The number of hydrogen-bond donors (Lipinski definition) is 3. The first kappa shape index (κ1) is 14.6. The van der Waals surface area contributed by atoms with Gasteiger partial charge >= 0.3 is 5.97 Å². The first-order valence-electron chi connectivity index (χ1n) is 5.07. The average molecular weight is 277 g/mol. The summed E-state index contributed by atoms with van der Waals surface area (Å²) in [6.45, 7) is 2.24. The van der Waals surface area contributed by atoms with Gasteiger partial charge in [0, 0.05) is 7.05 Å². The predicted octanol–water partition coefficient (Wildman–Crippen LogP) is -1.24. The molecule has 1 unspecified atom stereocenters. The van der Waals surface area contributed by atoms with Gasteiger partial charge in [-0.1, -0.05) is 0 Å². The van der Waals surface area contributed by atoms with E-state index in [-0.39, 0.29) is 10.6 Å². The van der Waals surface area contributed by atoms with E-state index < -0.39 is 28.6 Å². The van der Waals surface area contributed by atoms with Crippen molar-refractivity contribution in [3.8, 4) is 0 Å². The summed E-state index contributed by atoms with van der Waals surface area (Å²) in [6, 6.07) is -1.57. The number of carboxylic acids is 1. The van der Waals surface area contributed by atoms with E-state index in [0.29, 0.717) is 5.69 Å². The summed E-state index contributed by atoms with van der Waals surface area (Å²) in [7, 11) is -2.45. The Balaban J connectivity index is 3.18. The molecular formula is C9H15N3O5S. The highest BCUT2D eigenvalue weighted by atomic mass is 32.2. The molecule has 0 aromatic carbocycles. The second-order valence-corrected chi connectivity index (χ2v) is 5.47. The van der Waals surface area contributed by atoms with Crippen molar-refractivity contribution < 1.29 is 23.4 Å². The molecule has 0 aliphatic carbocycles. The van der Waals surface area contributed by atoms with Crippen LogP contribution in [-0.4, -0.2) is 47.0 Å². The summed E-state index contributed by atoms with van der Waals surface area (Å²) in [5, 5.41) is 21.5. The van der Waals surface area contributed by atoms with Crippen LogP contribution in [-0.2, 0) is 21.9 Å². The third-order valence-corrected chi connectivity index (χ3v) is 4.21. The van der Waals surface area contributed by atoms with Crippen LogP contribution in [0, 0.1) is 13.8 Å². The van der Waals surface area contributed by atoms with E-state index >= 15 is 0 Å². The third kappa shape index (κ3) is 2.68. The Morgan fingerprint density at radius 3 is 2.39 bits per heavy atom. The number of rotatable bonds is 5. The Hall–Kier alpha value is -1.45. The summed E-state index contributed by atoms with van der Waals surface area (Å²) in [4.78, 5) is 10.6. The van der Waals surface area contributed by atoms with E-state index in [1.54, 1.807) is 14.0 Å². The van der Waals surface area contributed by atoms with Gasteiger partial charge in [0.2, 0.25) is 10.0 Å². The van der Waals surface area contributed by atoms with Crippen LogP contribution >= 0.6 is 0 Å². The molecule has 0 spiro atoms. The van der Waals surface area contributed by atoms with E-state index in [1.165, 1.54) is 11.6 Å². The van der Waals surface area contributed by atoms with Crippen molar-refractivity contribution in [2.24, 2.45) is 7.05 Å². The molecule has 1 heterocycles. The normalized spacial score (nSPS) is 13.6. The van der Waals surface area contributed by atoms with Crippen LogP contribution in [0.5, 0.6) is 0 Å². The van der Waals surface area contributed by atoms with Crippen LogP contribution in [0.25, 0.3) is 0 Å². The fraction of sp³-hybridized carbons (Fsp3) is 0.556. The minimum absolute atomic E-state index is 0.0651. The molecule has 102 valence electrons. The maximum Gasteiger partial charge on any atom is 0.324 e. The Labute approximate surface area is 104 Å². The van der Waals surface area contributed by atoms with Crippen LogP contribution in [0.2, 0.25) is 0 Å². The molecule has 1 aromatic rings. The van der Waals surface area contributed by atoms with Crippen molar-refractivity contribution in [1.82, 2.24) is 14.5 Å². The number of aliphatic hydroxyl groups is 1. The maximum absolute atomic E-state index is 12.0. The Bertz CT molecular complexity index is 563. The molecular weight excluding hydrogens is 262 g/mol. The van der Waals surface area contributed by atoms with E-state index in [4.69, 9.17) is 10.2 Å². The number of aromatic nitrogens is 2. The largest absolute Gasteiger partial charge is 0.480 e. The molecule has 0 aliphatic heterocycles. The predicted molar refractivity (Wildman–Crippen MR) is 61.5 cm³/mol. The lowest BCUT2D eigenvalue weighted by Gasteiger charge is -2.12. The number of nitrogens with one attached hydrogen (secondary N) is 1. The third-order valence-electron chi connectivity index (χ3n) is 2.49. The van der Waals surface area contributed by atoms with Crippen LogP contribution in [0.3, 0.4) is 0 Å². The second-order valence-electron chi connectivity index (χ2n) is 3.82. The minimum Gasteiger partial charge on any atom is -0.480 e. The van der Waals surface area contributed by atoms with Gasteiger partial charge in [-0.05, 0) is 13.8 Å². The SMILES string of the molecule is Cc1nn(C)c(C)c1S(=O)(=O)NC(CO)C(=O)O. The van der Waals surface area contributed by atoms with Gasteiger partial charge in [0.25, 0.3) is 0 Å². The molecule has 0 saturated heterocycles. The van der Waals surface area contributed by atoms with Crippen LogP contribution < -0.4 is 4.72 Å². The fourth-order valence-electron chi connectivity index (χ4n) is 1.56. The van der Waals surface area contributed by atoms with E-state index in [9.17, 15) is 13.2 Å². The molecule has 8 nitrogen and oxygen atoms in total. The van der Waals surface area contributed by atoms with Crippen molar-refractivity contribution >= 4 is 16.0 Å². The highest BCUT2D eigenvalue weighted by Crippen LogP contribution is 2.18.